The molecule has 0 saturated heterocycles. The number of halogens is 1. The molecule has 0 atom stereocenters. The highest BCUT2D eigenvalue weighted by atomic mass is 35.5. The Labute approximate surface area is 89.1 Å². The summed E-state index contributed by atoms with van der Waals surface area (Å²) in [6, 6.07) is 0. The van der Waals surface area contributed by atoms with Crippen LogP contribution in [0.1, 0.15) is 37.7 Å². The zero-order valence-corrected chi connectivity index (χ0v) is 9.72. The van der Waals surface area contributed by atoms with E-state index < -0.39 is 0 Å². The number of Topliss-reactive ketones (excluding diaryl/α,β-unsaturated/α-hetero) is 1. The minimum Gasteiger partial charge on any atom is -0.292 e. The first-order chi connectivity index (χ1) is 6.40. The Morgan fingerprint density at radius 1 is 1.64 bits per heavy atom. The largest absolute Gasteiger partial charge is 0.292 e. The monoisotopic (exact) mass is 214 g/mol. The molecular formula is C10H15ClN2O. The Balaban J connectivity index is 3.13. The van der Waals surface area contributed by atoms with Crippen LogP contribution in [-0.4, -0.2) is 15.6 Å². The smallest absolute Gasteiger partial charge is 0.187 e. The number of rotatable bonds is 3. The highest BCUT2D eigenvalue weighted by molar-refractivity contribution is 6.33. The van der Waals surface area contributed by atoms with E-state index in [1.165, 1.54) is 10.9 Å². The molecule has 0 aromatic carbocycles. The summed E-state index contributed by atoms with van der Waals surface area (Å²) < 4.78 is 1.53. The van der Waals surface area contributed by atoms with Gasteiger partial charge in [-0.05, 0) is 6.42 Å². The van der Waals surface area contributed by atoms with Crippen LogP contribution in [0.25, 0.3) is 0 Å². The Hall–Kier alpha value is -0.830. The molecular weight excluding hydrogens is 200 g/mol. The van der Waals surface area contributed by atoms with Crippen LogP contribution in [0.15, 0.2) is 6.20 Å². The highest BCUT2D eigenvalue weighted by Crippen LogP contribution is 2.28. The van der Waals surface area contributed by atoms with Crippen molar-refractivity contribution in [3.05, 3.63) is 16.9 Å². The summed E-state index contributed by atoms with van der Waals surface area (Å²) in [5.74, 6) is 0.0463. The first kappa shape index (κ1) is 11.2. The Morgan fingerprint density at radius 2 is 2.21 bits per heavy atom. The third-order valence-electron chi connectivity index (χ3n) is 2.61. The fraction of sp³-hybridized carbons (Fsp3) is 0.600. The molecule has 0 fully saturated rings. The number of aryl methyl sites for hydroxylation is 1. The van der Waals surface area contributed by atoms with Crippen molar-refractivity contribution in [2.24, 2.45) is 12.5 Å². The van der Waals surface area contributed by atoms with E-state index in [0.717, 1.165) is 6.42 Å². The van der Waals surface area contributed by atoms with E-state index in [-0.39, 0.29) is 11.2 Å². The zero-order chi connectivity index (χ0) is 10.9. The third kappa shape index (κ3) is 1.82. The summed E-state index contributed by atoms with van der Waals surface area (Å²) in [6.45, 7) is 5.82. The Kier molecular flexibility index (Phi) is 3.00. The molecule has 0 N–H and O–H groups in total. The second-order valence-electron chi connectivity index (χ2n) is 4.03. The van der Waals surface area contributed by atoms with Crippen LogP contribution in [-0.2, 0) is 7.05 Å². The number of aromatic nitrogens is 2. The van der Waals surface area contributed by atoms with Gasteiger partial charge in [-0.3, -0.25) is 9.48 Å². The number of nitrogens with zero attached hydrogens (tertiary/aromatic N) is 2. The van der Waals surface area contributed by atoms with E-state index >= 15 is 0 Å². The second kappa shape index (κ2) is 3.73. The predicted molar refractivity (Wildman–Crippen MR) is 56.6 cm³/mol. The topological polar surface area (TPSA) is 34.9 Å². The fourth-order valence-electron chi connectivity index (χ4n) is 1.15. The van der Waals surface area contributed by atoms with Crippen LogP contribution in [0.3, 0.4) is 0 Å². The van der Waals surface area contributed by atoms with Gasteiger partial charge in [0.1, 0.15) is 5.69 Å². The molecule has 0 aliphatic heterocycles. The molecule has 0 radical (unpaired) electrons. The summed E-state index contributed by atoms with van der Waals surface area (Å²) in [6.07, 6.45) is 2.29. The molecule has 1 aromatic rings. The molecule has 1 aromatic heterocycles. The molecule has 0 bridgehead atoms. The average molecular weight is 215 g/mol. The fourth-order valence-corrected chi connectivity index (χ4v) is 1.40. The van der Waals surface area contributed by atoms with Gasteiger partial charge in [0.15, 0.2) is 5.78 Å². The summed E-state index contributed by atoms with van der Waals surface area (Å²) in [7, 11) is 1.73. The van der Waals surface area contributed by atoms with Crippen molar-refractivity contribution >= 4 is 17.4 Å². The number of carbonyl (C=O) groups excluding carboxylic acids is 1. The zero-order valence-electron chi connectivity index (χ0n) is 8.97. The first-order valence-corrected chi connectivity index (χ1v) is 5.00. The van der Waals surface area contributed by atoms with Crippen LogP contribution >= 0.6 is 11.6 Å². The number of hydrogen-bond acceptors (Lipinski definition) is 2. The van der Waals surface area contributed by atoms with Crippen molar-refractivity contribution in [2.75, 3.05) is 0 Å². The Bertz CT molecular complexity index is 336. The lowest BCUT2D eigenvalue weighted by Crippen LogP contribution is -2.25. The molecule has 1 rings (SSSR count). The molecule has 0 unspecified atom stereocenters. The van der Waals surface area contributed by atoms with Crippen LogP contribution in [0, 0.1) is 5.41 Å². The lowest BCUT2D eigenvalue weighted by Gasteiger charge is -2.20. The van der Waals surface area contributed by atoms with Crippen LogP contribution < -0.4 is 0 Å². The number of carbonyl (C=O) groups is 1. The molecule has 4 heteroatoms. The standard InChI is InChI=1S/C10H15ClN2O/c1-5-10(2,3)9(14)8-7(11)6-12-13(8)4/h6H,5H2,1-4H3. The van der Waals surface area contributed by atoms with E-state index in [1.54, 1.807) is 7.05 Å². The van der Waals surface area contributed by atoms with Gasteiger partial charge >= 0.3 is 0 Å². The average Bonchev–Trinajstić information content (AvgIpc) is 2.45. The second-order valence-corrected chi connectivity index (χ2v) is 4.44. The van der Waals surface area contributed by atoms with E-state index in [1.807, 2.05) is 20.8 Å². The third-order valence-corrected chi connectivity index (χ3v) is 2.88. The van der Waals surface area contributed by atoms with Crippen LogP contribution in [0.5, 0.6) is 0 Å². The molecule has 0 aliphatic rings. The summed E-state index contributed by atoms with van der Waals surface area (Å²) >= 11 is 5.90. The molecule has 1 heterocycles. The highest BCUT2D eigenvalue weighted by Gasteiger charge is 2.30. The summed E-state index contributed by atoms with van der Waals surface area (Å²) in [5, 5.41) is 4.38. The predicted octanol–water partition coefficient (Wildman–Crippen LogP) is 2.69. The van der Waals surface area contributed by atoms with Crippen molar-refractivity contribution in [1.82, 2.24) is 9.78 Å². The van der Waals surface area contributed by atoms with E-state index in [2.05, 4.69) is 5.10 Å². The lowest BCUT2D eigenvalue weighted by atomic mass is 9.84. The van der Waals surface area contributed by atoms with Crippen molar-refractivity contribution in [3.8, 4) is 0 Å². The molecule has 3 nitrogen and oxygen atoms in total. The van der Waals surface area contributed by atoms with Gasteiger partial charge in [-0.15, -0.1) is 0 Å². The SMILES string of the molecule is CCC(C)(C)C(=O)c1c(Cl)cnn1C. The van der Waals surface area contributed by atoms with E-state index in [0.29, 0.717) is 10.7 Å². The molecule has 14 heavy (non-hydrogen) atoms. The molecule has 0 amide bonds. The van der Waals surface area contributed by atoms with Crippen LogP contribution in [0.2, 0.25) is 5.02 Å². The van der Waals surface area contributed by atoms with Gasteiger partial charge in [-0.25, -0.2) is 0 Å². The van der Waals surface area contributed by atoms with Gasteiger partial charge in [-0.1, -0.05) is 32.4 Å². The minimum atomic E-state index is -0.378. The molecule has 0 aliphatic carbocycles. The minimum absolute atomic E-state index is 0.0463. The quantitative estimate of drug-likeness (QED) is 0.726. The number of hydrogen-bond donors (Lipinski definition) is 0. The Morgan fingerprint density at radius 3 is 2.57 bits per heavy atom. The van der Waals surface area contributed by atoms with Crippen molar-refractivity contribution in [3.63, 3.8) is 0 Å². The van der Waals surface area contributed by atoms with Gasteiger partial charge in [0.25, 0.3) is 0 Å². The van der Waals surface area contributed by atoms with Crippen molar-refractivity contribution in [1.29, 1.82) is 0 Å². The van der Waals surface area contributed by atoms with Gasteiger partial charge in [0.05, 0.1) is 11.2 Å². The van der Waals surface area contributed by atoms with Crippen LogP contribution in [0.4, 0.5) is 0 Å². The lowest BCUT2D eigenvalue weighted by molar-refractivity contribution is 0.0823. The van der Waals surface area contributed by atoms with E-state index in [9.17, 15) is 4.79 Å². The van der Waals surface area contributed by atoms with E-state index in [4.69, 9.17) is 11.6 Å². The summed E-state index contributed by atoms with van der Waals surface area (Å²) in [4.78, 5) is 12.1. The maximum atomic E-state index is 12.1. The van der Waals surface area contributed by atoms with Gasteiger partial charge in [-0.2, -0.15) is 5.10 Å². The number of ketones is 1. The molecule has 0 saturated carbocycles. The first-order valence-electron chi connectivity index (χ1n) is 4.62. The normalized spacial score (nSPS) is 11.8. The van der Waals surface area contributed by atoms with Crippen molar-refractivity contribution in [2.45, 2.75) is 27.2 Å². The maximum Gasteiger partial charge on any atom is 0.187 e. The van der Waals surface area contributed by atoms with Crippen molar-refractivity contribution < 1.29 is 4.79 Å². The molecule has 78 valence electrons. The van der Waals surface area contributed by atoms with Gasteiger partial charge in [0, 0.05) is 12.5 Å². The maximum absolute atomic E-state index is 12.1. The summed E-state index contributed by atoms with van der Waals surface area (Å²) in [5.41, 5.74) is 0.121. The molecule has 0 spiro atoms. The van der Waals surface area contributed by atoms with Gasteiger partial charge < -0.3 is 0 Å². The van der Waals surface area contributed by atoms with Gasteiger partial charge in [0.2, 0.25) is 0 Å².